The fourth-order valence-corrected chi connectivity index (χ4v) is 5.72. The fourth-order valence-electron chi connectivity index (χ4n) is 5.72. The summed E-state index contributed by atoms with van der Waals surface area (Å²) in [5.41, 5.74) is 4.09. The molecule has 6 nitrogen and oxygen atoms in total. The quantitative estimate of drug-likeness (QED) is 0.833. The highest BCUT2D eigenvalue weighted by Crippen LogP contribution is 2.44. The van der Waals surface area contributed by atoms with Crippen LogP contribution in [0.5, 0.6) is 0 Å². The minimum atomic E-state index is -0.122. The average molecular weight is 380 g/mol. The molecule has 0 radical (unpaired) electrons. The maximum absolute atomic E-state index is 12.7. The summed E-state index contributed by atoms with van der Waals surface area (Å²) in [6.45, 7) is 5.65. The Kier molecular flexibility index (Phi) is 4.02. The molecule has 3 heterocycles. The van der Waals surface area contributed by atoms with E-state index in [0.717, 1.165) is 19.4 Å². The number of nitrogens with zero attached hydrogens (tertiary/aromatic N) is 3. The average Bonchev–Trinajstić information content (AvgIpc) is 3.18. The second kappa shape index (κ2) is 6.34. The zero-order valence-corrected chi connectivity index (χ0v) is 16.8. The van der Waals surface area contributed by atoms with Crippen molar-refractivity contribution < 1.29 is 9.59 Å². The Hall–Kier alpha value is -2.34. The van der Waals surface area contributed by atoms with Crippen molar-refractivity contribution in [3.05, 3.63) is 35.5 Å². The molecule has 1 N–H and O–H groups in total. The zero-order chi connectivity index (χ0) is 19.6. The first-order valence-electron chi connectivity index (χ1n) is 10.3. The van der Waals surface area contributed by atoms with Gasteiger partial charge in [-0.25, -0.2) is 4.79 Å². The van der Waals surface area contributed by atoms with Crippen LogP contribution in [0.2, 0.25) is 0 Å². The Labute approximate surface area is 165 Å². The number of aromatic amines is 1. The number of carbonyl (C=O) groups excluding carboxylic acids is 2. The van der Waals surface area contributed by atoms with Crippen LogP contribution in [0.25, 0.3) is 10.9 Å². The Morgan fingerprint density at radius 2 is 2.07 bits per heavy atom. The second-order valence-corrected chi connectivity index (χ2v) is 9.02. The van der Waals surface area contributed by atoms with Crippen LogP contribution in [0.4, 0.5) is 4.79 Å². The number of likely N-dealkylation sites (tertiary alicyclic amines) is 1. The van der Waals surface area contributed by atoms with E-state index in [4.69, 9.17) is 0 Å². The van der Waals surface area contributed by atoms with Gasteiger partial charge in [-0.2, -0.15) is 0 Å². The van der Waals surface area contributed by atoms with E-state index in [2.05, 4.69) is 41.3 Å². The number of urea groups is 1. The monoisotopic (exact) mass is 380 g/mol. The van der Waals surface area contributed by atoms with E-state index < -0.39 is 0 Å². The maximum Gasteiger partial charge on any atom is 0.327 e. The molecule has 1 aromatic carbocycles. The van der Waals surface area contributed by atoms with Crippen molar-refractivity contribution in [2.45, 2.75) is 44.7 Å². The highest BCUT2D eigenvalue weighted by atomic mass is 16.2. The number of carbonyl (C=O) groups is 2. The minimum Gasteiger partial charge on any atom is -0.361 e. The number of benzene rings is 1. The molecule has 0 spiro atoms. The number of nitrogens with one attached hydrogen (secondary N) is 1. The van der Waals surface area contributed by atoms with Gasteiger partial charge in [0.05, 0.1) is 0 Å². The van der Waals surface area contributed by atoms with Crippen molar-refractivity contribution in [3.8, 4) is 0 Å². The molecule has 2 saturated heterocycles. The van der Waals surface area contributed by atoms with E-state index >= 15 is 0 Å². The molecule has 3 atom stereocenters. The topological polar surface area (TPSA) is 59.7 Å². The van der Waals surface area contributed by atoms with Crippen LogP contribution in [0.15, 0.2) is 24.4 Å². The highest BCUT2D eigenvalue weighted by molar-refractivity contribution is 6.02. The van der Waals surface area contributed by atoms with Gasteiger partial charge in [-0.3, -0.25) is 9.69 Å². The zero-order valence-electron chi connectivity index (χ0n) is 16.8. The summed E-state index contributed by atoms with van der Waals surface area (Å²) in [4.78, 5) is 34.0. The molecule has 2 aromatic rings. The predicted molar refractivity (Wildman–Crippen MR) is 108 cm³/mol. The number of likely N-dealkylation sites (N-methyl/N-ethyl adjacent to an activating group) is 1. The molecule has 0 bridgehead atoms. The molecule has 3 amide bonds. The third kappa shape index (κ3) is 2.58. The lowest BCUT2D eigenvalue weighted by Gasteiger charge is -2.46. The summed E-state index contributed by atoms with van der Waals surface area (Å²) >= 11 is 0. The van der Waals surface area contributed by atoms with Gasteiger partial charge < -0.3 is 14.8 Å². The standard InChI is InChI=1S/C22H28N4O2/c1-13(2)26-20(27)12-25(22(26)28)11-14-7-17-16-5-4-6-18-21(16)15(9-23-18)8-19(17)24(3)10-14/h4-6,9,13-14,17,19,23H,7-8,10-12H2,1-3H3/t14?,17-,19-/m1/s1. The number of hydrogen-bond donors (Lipinski definition) is 1. The van der Waals surface area contributed by atoms with Crippen LogP contribution in [-0.4, -0.2) is 70.4 Å². The van der Waals surface area contributed by atoms with E-state index in [1.54, 1.807) is 4.90 Å². The first kappa shape index (κ1) is 17.7. The molecule has 148 valence electrons. The number of imide groups is 1. The van der Waals surface area contributed by atoms with Gasteiger partial charge in [-0.05, 0) is 56.8 Å². The van der Waals surface area contributed by atoms with E-state index in [1.807, 2.05) is 13.8 Å². The Balaban J connectivity index is 1.39. The van der Waals surface area contributed by atoms with Crippen LogP contribution in [0, 0.1) is 5.92 Å². The molecular formula is C22H28N4O2. The van der Waals surface area contributed by atoms with Crippen molar-refractivity contribution in [1.82, 2.24) is 19.7 Å². The van der Waals surface area contributed by atoms with E-state index in [0.29, 0.717) is 24.4 Å². The first-order valence-corrected chi connectivity index (χ1v) is 10.3. The van der Waals surface area contributed by atoms with Crippen molar-refractivity contribution in [2.24, 2.45) is 5.92 Å². The summed E-state index contributed by atoms with van der Waals surface area (Å²) in [5, 5.41) is 1.40. The van der Waals surface area contributed by atoms with Crippen LogP contribution in [0.1, 0.15) is 37.3 Å². The maximum atomic E-state index is 12.7. The number of aromatic nitrogens is 1. The number of piperidine rings is 1. The van der Waals surface area contributed by atoms with Crippen LogP contribution >= 0.6 is 0 Å². The van der Waals surface area contributed by atoms with Crippen LogP contribution in [0.3, 0.4) is 0 Å². The molecule has 1 aliphatic carbocycles. The van der Waals surface area contributed by atoms with Crippen LogP contribution in [-0.2, 0) is 11.2 Å². The van der Waals surface area contributed by atoms with Crippen molar-refractivity contribution in [3.63, 3.8) is 0 Å². The van der Waals surface area contributed by atoms with E-state index in [-0.39, 0.29) is 24.5 Å². The summed E-state index contributed by atoms with van der Waals surface area (Å²) in [5.74, 6) is 0.789. The van der Waals surface area contributed by atoms with Gasteiger partial charge in [0.2, 0.25) is 0 Å². The molecule has 2 fully saturated rings. The Bertz CT molecular complexity index is 949. The lowest BCUT2D eigenvalue weighted by atomic mass is 9.72. The SMILES string of the molecule is CC(C)N1C(=O)CN(CC2C[C@@H]3c4cccc5[nH]cc(c45)C[C@H]3N(C)C2)C1=O. The van der Waals surface area contributed by atoms with E-state index in [1.165, 1.54) is 26.9 Å². The van der Waals surface area contributed by atoms with Gasteiger partial charge in [-0.15, -0.1) is 0 Å². The molecule has 3 aliphatic rings. The summed E-state index contributed by atoms with van der Waals surface area (Å²) < 4.78 is 0. The summed E-state index contributed by atoms with van der Waals surface area (Å²) in [6.07, 6.45) is 4.31. The largest absolute Gasteiger partial charge is 0.361 e. The first-order chi connectivity index (χ1) is 13.4. The van der Waals surface area contributed by atoms with Crippen LogP contribution < -0.4 is 0 Å². The van der Waals surface area contributed by atoms with E-state index in [9.17, 15) is 9.59 Å². The number of hydrogen-bond acceptors (Lipinski definition) is 3. The van der Waals surface area contributed by atoms with Gasteiger partial charge >= 0.3 is 6.03 Å². The smallest absolute Gasteiger partial charge is 0.327 e. The number of fused-ring (bicyclic) bond motifs is 2. The van der Waals surface area contributed by atoms with Crippen molar-refractivity contribution in [2.75, 3.05) is 26.7 Å². The predicted octanol–water partition coefficient (Wildman–Crippen LogP) is 2.80. The lowest BCUT2D eigenvalue weighted by molar-refractivity contribution is -0.126. The second-order valence-electron chi connectivity index (χ2n) is 9.02. The summed E-state index contributed by atoms with van der Waals surface area (Å²) in [6, 6.07) is 6.88. The number of H-pyrrole nitrogens is 1. The molecule has 28 heavy (non-hydrogen) atoms. The van der Waals surface area contributed by atoms with Gasteiger partial charge in [-0.1, -0.05) is 12.1 Å². The van der Waals surface area contributed by atoms with Crippen molar-refractivity contribution >= 4 is 22.8 Å². The molecule has 6 heteroatoms. The Morgan fingerprint density at radius 3 is 2.82 bits per heavy atom. The molecule has 5 rings (SSSR count). The van der Waals surface area contributed by atoms with Gasteiger partial charge in [0.25, 0.3) is 5.91 Å². The fraction of sp³-hybridized carbons (Fsp3) is 0.545. The molecule has 0 saturated carbocycles. The minimum absolute atomic E-state index is 0.0681. The van der Waals surface area contributed by atoms with Gasteiger partial charge in [0.1, 0.15) is 6.54 Å². The molecule has 1 aromatic heterocycles. The summed E-state index contributed by atoms with van der Waals surface area (Å²) in [7, 11) is 2.21. The molecular weight excluding hydrogens is 352 g/mol. The number of amides is 3. The molecule has 2 aliphatic heterocycles. The highest BCUT2D eigenvalue weighted by Gasteiger charge is 2.43. The van der Waals surface area contributed by atoms with Gasteiger partial charge in [0.15, 0.2) is 0 Å². The molecule has 1 unspecified atom stereocenters. The lowest BCUT2D eigenvalue weighted by Crippen LogP contribution is -2.50. The normalized spacial score (nSPS) is 27.9. The third-order valence-corrected chi connectivity index (χ3v) is 6.88. The Morgan fingerprint density at radius 1 is 1.25 bits per heavy atom. The van der Waals surface area contributed by atoms with Crippen molar-refractivity contribution in [1.29, 1.82) is 0 Å². The third-order valence-electron chi connectivity index (χ3n) is 6.88. The van der Waals surface area contributed by atoms with Gasteiger partial charge in [0, 0.05) is 48.2 Å². The number of rotatable bonds is 3.